The molecule has 142 valence electrons. The van der Waals surface area contributed by atoms with E-state index < -0.39 is 23.7 Å². The van der Waals surface area contributed by atoms with Gasteiger partial charge in [0.25, 0.3) is 0 Å². The molecule has 1 unspecified atom stereocenters. The fourth-order valence-electron chi connectivity index (χ4n) is 2.86. The average molecular weight is 393 g/mol. The highest BCUT2D eigenvalue weighted by Crippen LogP contribution is 2.40. The van der Waals surface area contributed by atoms with Crippen molar-refractivity contribution in [2.45, 2.75) is 26.9 Å². The Kier molecular flexibility index (Phi) is 5.23. The molecular formula is C19H17ClO7. The van der Waals surface area contributed by atoms with E-state index in [2.05, 4.69) is 0 Å². The first-order valence-electron chi connectivity index (χ1n) is 8.36. The quantitative estimate of drug-likeness (QED) is 0.569. The summed E-state index contributed by atoms with van der Waals surface area (Å²) in [5, 5.41) is 0.512. The second-order valence-corrected chi connectivity index (χ2v) is 6.18. The molecule has 2 heterocycles. The van der Waals surface area contributed by atoms with Gasteiger partial charge in [-0.1, -0.05) is 23.2 Å². The van der Waals surface area contributed by atoms with Gasteiger partial charge < -0.3 is 18.6 Å². The summed E-state index contributed by atoms with van der Waals surface area (Å²) in [7, 11) is 0. The maximum absolute atomic E-state index is 12.6. The van der Waals surface area contributed by atoms with E-state index in [4.69, 9.17) is 30.2 Å². The Bertz CT molecular complexity index is 1020. The van der Waals surface area contributed by atoms with Crippen LogP contribution in [0, 0.1) is 6.92 Å². The van der Waals surface area contributed by atoms with Crippen LogP contribution in [0.4, 0.5) is 0 Å². The van der Waals surface area contributed by atoms with Crippen molar-refractivity contribution >= 4 is 34.5 Å². The van der Waals surface area contributed by atoms with Gasteiger partial charge in [0.05, 0.1) is 18.2 Å². The Balaban J connectivity index is 2.24. The van der Waals surface area contributed by atoms with Crippen LogP contribution >= 0.6 is 11.6 Å². The summed E-state index contributed by atoms with van der Waals surface area (Å²) in [5.41, 5.74) is 0.0126. The van der Waals surface area contributed by atoms with E-state index in [1.807, 2.05) is 6.92 Å². The van der Waals surface area contributed by atoms with Crippen LogP contribution in [0.1, 0.15) is 31.1 Å². The highest BCUT2D eigenvalue weighted by molar-refractivity contribution is 6.36. The number of fused-ring (bicyclic) bond motifs is 1. The van der Waals surface area contributed by atoms with Crippen LogP contribution in [0.5, 0.6) is 0 Å². The number of benzene rings is 1. The molecule has 1 aromatic carbocycles. The van der Waals surface area contributed by atoms with Gasteiger partial charge in [0.2, 0.25) is 5.76 Å². The van der Waals surface area contributed by atoms with Crippen LogP contribution in [0.3, 0.4) is 0 Å². The highest BCUT2D eigenvalue weighted by atomic mass is 35.5. The molecule has 0 N–H and O–H groups in total. The van der Waals surface area contributed by atoms with Gasteiger partial charge in [0, 0.05) is 5.39 Å². The third-order valence-corrected chi connectivity index (χ3v) is 4.40. The highest BCUT2D eigenvalue weighted by Gasteiger charge is 2.44. The van der Waals surface area contributed by atoms with Crippen LogP contribution in [0.15, 0.2) is 38.7 Å². The van der Waals surface area contributed by atoms with Gasteiger partial charge in [0.15, 0.2) is 6.10 Å². The number of aryl methyl sites for hydroxylation is 1. The molecule has 8 heteroatoms. The Hall–Kier alpha value is -2.80. The van der Waals surface area contributed by atoms with Gasteiger partial charge >= 0.3 is 17.6 Å². The molecule has 0 amide bonds. The first-order chi connectivity index (χ1) is 12.9. The van der Waals surface area contributed by atoms with Crippen molar-refractivity contribution < 1.29 is 28.2 Å². The first-order valence-corrected chi connectivity index (χ1v) is 8.74. The van der Waals surface area contributed by atoms with Gasteiger partial charge in [-0.25, -0.2) is 14.4 Å². The van der Waals surface area contributed by atoms with Crippen molar-refractivity contribution in [3.05, 3.63) is 56.1 Å². The van der Waals surface area contributed by atoms with Crippen molar-refractivity contribution in [3.8, 4) is 0 Å². The number of esters is 2. The van der Waals surface area contributed by atoms with Crippen molar-refractivity contribution in [2.75, 3.05) is 13.2 Å². The van der Waals surface area contributed by atoms with Crippen molar-refractivity contribution in [1.82, 2.24) is 0 Å². The zero-order valence-electron chi connectivity index (χ0n) is 15.0. The summed E-state index contributed by atoms with van der Waals surface area (Å²) in [6.07, 6.45) is -1.37. The number of carbonyl (C=O) groups excluding carboxylic acids is 2. The third-order valence-electron chi connectivity index (χ3n) is 3.99. The summed E-state index contributed by atoms with van der Waals surface area (Å²) in [6, 6.07) is 5.13. The number of rotatable bonds is 5. The molecule has 0 saturated carbocycles. The lowest BCUT2D eigenvalue weighted by molar-refractivity contribution is -0.143. The molecule has 1 aliphatic heterocycles. The van der Waals surface area contributed by atoms with Gasteiger partial charge in [-0.3, -0.25) is 0 Å². The summed E-state index contributed by atoms with van der Waals surface area (Å²) in [4.78, 5) is 37.2. The molecule has 7 nitrogen and oxygen atoms in total. The summed E-state index contributed by atoms with van der Waals surface area (Å²) in [5.74, 6) is -1.98. The predicted molar refractivity (Wildman–Crippen MR) is 96.3 cm³/mol. The molecule has 3 rings (SSSR count). The third kappa shape index (κ3) is 3.30. The van der Waals surface area contributed by atoms with Crippen LogP contribution in [-0.2, 0) is 23.8 Å². The Morgan fingerprint density at radius 1 is 1.22 bits per heavy atom. The van der Waals surface area contributed by atoms with Gasteiger partial charge in [-0.2, -0.15) is 0 Å². The SMILES string of the molecule is CCOC(=O)C1=C(OCC)C(=O)OC1c1c(Cl)c2cc(C)ccc2oc1=O. The number of halogens is 1. The molecule has 1 atom stereocenters. The molecule has 0 bridgehead atoms. The van der Waals surface area contributed by atoms with Crippen LogP contribution in [-0.4, -0.2) is 25.2 Å². The van der Waals surface area contributed by atoms with Crippen molar-refractivity contribution in [2.24, 2.45) is 0 Å². The van der Waals surface area contributed by atoms with E-state index in [-0.39, 0.29) is 40.7 Å². The molecule has 1 aromatic heterocycles. The number of carbonyl (C=O) groups is 2. The number of cyclic esters (lactones) is 1. The second kappa shape index (κ2) is 7.44. The summed E-state index contributed by atoms with van der Waals surface area (Å²) < 4.78 is 20.8. The monoisotopic (exact) mass is 392 g/mol. The minimum absolute atomic E-state index is 0.0438. The van der Waals surface area contributed by atoms with Crippen LogP contribution in [0.2, 0.25) is 5.02 Å². The molecular weight excluding hydrogens is 376 g/mol. The lowest BCUT2D eigenvalue weighted by Crippen LogP contribution is -2.20. The predicted octanol–water partition coefficient (Wildman–Crippen LogP) is 3.21. The van der Waals surface area contributed by atoms with Gasteiger partial charge in [-0.15, -0.1) is 0 Å². The fraction of sp³-hybridized carbons (Fsp3) is 0.316. The molecule has 2 aromatic rings. The smallest absolute Gasteiger partial charge is 0.375 e. The topological polar surface area (TPSA) is 92.0 Å². The van der Waals surface area contributed by atoms with Gasteiger partial charge in [-0.05, 0) is 32.9 Å². The largest absolute Gasteiger partial charge is 0.486 e. The van der Waals surface area contributed by atoms with E-state index in [0.29, 0.717) is 5.39 Å². The Morgan fingerprint density at radius 3 is 2.63 bits per heavy atom. The first kappa shape index (κ1) is 19.0. The summed E-state index contributed by atoms with van der Waals surface area (Å²) in [6.45, 7) is 5.32. The Morgan fingerprint density at radius 2 is 1.96 bits per heavy atom. The minimum atomic E-state index is -1.37. The fourth-order valence-corrected chi connectivity index (χ4v) is 3.18. The molecule has 0 spiro atoms. The normalized spacial score (nSPS) is 16.6. The minimum Gasteiger partial charge on any atom is -0.486 e. The number of hydrogen-bond acceptors (Lipinski definition) is 7. The molecule has 1 aliphatic rings. The average Bonchev–Trinajstić information content (AvgIpc) is 2.93. The molecule has 0 saturated heterocycles. The van der Waals surface area contributed by atoms with E-state index in [9.17, 15) is 14.4 Å². The second-order valence-electron chi connectivity index (χ2n) is 5.80. The summed E-state index contributed by atoms with van der Waals surface area (Å²) >= 11 is 6.45. The number of ether oxygens (including phenoxy) is 3. The molecule has 27 heavy (non-hydrogen) atoms. The van der Waals surface area contributed by atoms with Crippen LogP contribution < -0.4 is 5.63 Å². The maximum atomic E-state index is 12.6. The lowest BCUT2D eigenvalue weighted by Gasteiger charge is -2.14. The van der Waals surface area contributed by atoms with E-state index in [0.717, 1.165) is 5.56 Å². The lowest BCUT2D eigenvalue weighted by atomic mass is 10.0. The molecule has 0 radical (unpaired) electrons. The van der Waals surface area contributed by atoms with Crippen molar-refractivity contribution in [3.63, 3.8) is 0 Å². The zero-order valence-corrected chi connectivity index (χ0v) is 15.7. The number of hydrogen-bond donors (Lipinski definition) is 0. The van der Waals surface area contributed by atoms with Crippen molar-refractivity contribution in [1.29, 1.82) is 0 Å². The maximum Gasteiger partial charge on any atom is 0.375 e. The van der Waals surface area contributed by atoms with E-state index in [1.165, 1.54) is 0 Å². The van der Waals surface area contributed by atoms with E-state index in [1.54, 1.807) is 32.0 Å². The van der Waals surface area contributed by atoms with Crippen LogP contribution in [0.25, 0.3) is 11.0 Å². The molecule has 0 aliphatic carbocycles. The standard InChI is InChI=1S/C19H17ClO7/c1-4-24-16-13(17(21)25-5-2)15(27-19(16)23)12-14(20)10-8-9(3)6-7-11(10)26-18(12)22/h6-8,15H,4-5H2,1-3H3. The van der Waals surface area contributed by atoms with Gasteiger partial charge in [0.1, 0.15) is 16.7 Å². The molecule has 0 fully saturated rings. The van der Waals surface area contributed by atoms with E-state index >= 15 is 0 Å². The Labute approximate surface area is 159 Å². The zero-order chi connectivity index (χ0) is 19.7.